The SMILES string of the molecule is O=C(c1ccco1)N(CC[NH+]1CCOCC1)Cc1cccc2c1OCO2. The summed E-state index contributed by atoms with van der Waals surface area (Å²) in [5.41, 5.74) is 0.942. The van der Waals surface area contributed by atoms with Gasteiger partial charge >= 0.3 is 0 Å². The van der Waals surface area contributed by atoms with Gasteiger partial charge in [-0.15, -0.1) is 0 Å². The lowest BCUT2D eigenvalue weighted by Crippen LogP contribution is -3.14. The van der Waals surface area contributed by atoms with E-state index in [1.807, 2.05) is 23.1 Å². The normalized spacial score (nSPS) is 16.6. The summed E-state index contributed by atoms with van der Waals surface area (Å²) in [6, 6.07) is 9.20. The van der Waals surface area contributed by atoms with E-state index in [4.69, 9.17) is 18.6 Å². The first-order chi connectivity index (χ1) is 12.8. The number of furan rings is 1. The molecule has 26 heavy (non-hydrogen) atoms. The number of benzene rings is 1. The van der Waals surface area contributed by atoms with Gasteiger partial charge < -0.3 is 28.4 Å². The molecule has 7 heteroatoms. The second-order valence-electron chi connectivity index (χ2n) is 6.47. The minimum absolute atomic E-state index is 0.112. The summed E-state index contributed by atoms with van der Waals surface area (Å²) >= 11 is 0. The van der Waals surface area contributed by atoms with Crippen LogP contribution in [0.1, 0.15) is 16.1 Å². The molecule has 2 aliphatic rings. The maximum atomic E-state index is 12.9. The van der Waals surface area contributed by atoms with Crippen molar-refractivity contribution < 1.29 is 28.3 Å². The average Bonchev–Trinajstić information content (AvgIpc) is 3.37. The summed E-state index contributed by atoms with van der Waals surface area (Å²) < 4.78 is 21.8. The van der Waals surface area contributed by atoms with E-state index in [-0.39, 0.29) is 12.7 Å². The zero-order valence-electron chi connectivity index (χ0n) is 14.6. The van der Waals surface area contributed by atoms with Crippen LogP contribution in [0.5, 0.6) is 11.5 Å². The predicted octanol–water partition coefficient (Wildman–Crippen LogP) is 0.566. The standard InChI is InChI=1S/C19H22N2O5/c22-19(17-5-2-10-24-17)21(7-6-20-8-11-23-12-9-20)13-15-3-1-4-16-18(15)26-14-25-16/h1-5,10H,6-9,11-14H2/p+1. The number of rotatable bonds is 6. The van der Waals surface area contributed by atoms with Gasteiger partial charge in [-0.3, -0.25) is 4.79 Å². The monoisotopic (exact) mass is 359 g/mol. The minimum Gasteiger partial charge on any atom is -0.459 e. The van der Waals surface area contributed by atoms with Crippen LogP contribution in [0.4, 0.5) is 0 Å². The van der Waals surface area contributed by atoms with Gasteiger partial charge in [0, 0.05) is 5.56 Å². The molecule has 0 unspecified atom stereocenters. The number of carbonyl (C=O) groups is 1. The molecule has 138 valence electrons. The van der Waals surface area contributed by atoms with E-state index < -0.39 is 0 Å². The second kappa shape index (κ2) is 7.80. The number of ether oxygens (including phenoxy) is 3. The molecule has 1 aromatic heterocycles. The van der Waals surface area contributed by atoms with E-state index in [0.29, 0.717) is 18.8 Å². The summed E-state index contributed by atoms with van der Waals surface area (Å²) in [7, 11) is 0. The molecule has 0 aliphatic carbocycles. The summed E-state index contributed by atoms with van der Waals surface area (Å²) in [6.45, 7) is 5.69. The first-order valence-corrected chi connectivity index (χ1v) is 8.93. The van der Waals surface area contributed by atoms with Crippen LogP contribution in [-0.2, 0) is 11.3 Å². The second-order valence-corrected chi connectivity index (χ2v) is 6.47. The number of hydrogen-bond donors (Lipinski definition) is 1. The molecule has 2 aliphatic heterocycles. The van der Waals surface area contributed by atoms with E-state index in [0.717, 1.165) is 49.9 Å². The van der Waals surface area contributed by atoms with E-state index in [9.17, 15) is 4.79 Å². The van der Waals surface area contributed by atoms with E-state index in [1.165, 1.54) is 11.2 Å². The van der Waals surface area contributed by atoms with Gasteiger partial charge in [0.1, 0.15) is 13.1 Å². The highest BCUT2D eigenvalue weighted by Gasteiger charge is 2.25. The van der Waals surface area contributed by atoms with Crippen LogP contribution in [-0.4, -0.2) is 57.0 Å². The fourth-order valence-electron chi connectivity index (χ4n) is 3.33. The van der Waals surface area contributed by atoms with Crippen molar-refractivity contribution >= 4 is 5.91 Å². The van der Waals surface area contributed by atoms with Crippen LogP contribution in [0.2, 0.25) is 0 Å². The molecule has 1 fully saturated rings. The fourth-order valence-corrected chi connectivity index (χ4v) is 3.33. The molecule has 2 aromatic rings. The summed E-state index contributed by atoms with van der Waals surface area (Å²) in [6.07, 6.45) is 1.52. The van der Waals surface area contributed by atoms with Crippen LogP contribution >= 0.6 is 0 Å². The van der Waals surface area contributed by atoms with Crippen molar-refractivity contribution in [1.82, 2.24) is 4.90 Å². The molecule has 7 nitrogen and oxygen atoms in total. The smallest absolute Gasteiger partial charge is 0.290 e. The highest BCUT2D eigenvalue weighted by atomic mass is 16.7. The number of nitrogens with one attached hydrogen (secondary N) is 1. The number of quaternary nitrogens is 1. The van der Waals surface area contributed by atoms with Gasteiger partial charge in [-0.2, -0.15) is 0 Å². The van der Waals surface area contributed by atoms with Crippen molar-refractivity contribution in [1.29, 1.82) is 0 Å². The Hall–Kier alpha value is -2.51. The molecule has 0 radical (unpaired) electrons. The Morgan fingerprint density at radius 2 is 2.00 bits per heavy atom. The minimum atomic E-state index is -0.112. The Kier molecular flexibility index (Phi) is 5.08. The molecule has 3 heterocycles. The van der Waals surface area contributed by atoms with Gasteiger partial charge in [0.2, 0.25) is 6.79 Å². The number of carbonyl (C=O) groups excluding carboxylic acids is 1. The molecule has 4 rings (SSSR count). The molecular formula is C19H23N2O5+. The fraction of sp³-hybridized carbons (Fsp3) is 0.421. The Bertz CT molecular complexity index is 740. The Balaban J connectivity index is 1.50. The zero-order valence-corrected chi connectivity index (χ0v) is 14.6. The van der Waals surface area contributed by atoms with E-state index >= 15 is 0 Å². The molecule has 1 aromatic carbocycles. The third-order valence-electron chi connectivity index (χ3n) is 4.79. The van der Waals surface area contributed by atoms with Crippen molar-refractivity contribution in [2.75, 3.05) is 46.2 Å². The summed E-state index contributed by atoms with van der Waals surface area (Å²) in [4.78, 5) is 16.2. The Morgan fingerprint density at radius 1 is 1.12 bits per heavy atom. The van der Waals surface area contributed by atoms with Gasteiger partial charge in [0.15, 0.2) is 17.3 Å². The van der Waals surface area contributed by atoms with Crippen molar-refractivity contribution in [2.24, 2.45) is 0 Å². The van der Waals surface area contributed by atoms with E-state index in [1.54, 1.807) is 12.1 Å². The van der Waals surface area contributed by atoms with Crippen LogP contribution in [0.15, 0.2) is 41.0 Å². The van der Waals surface area contributed by atoms with Gasteiger partial charge in [0.05, 0.1) is 39.1 Å². The first kappa shape index (κ1) is 16.9. The van der Waals surface area contributed by atoms with Crippen LogP contribution < -0.4 is 14.4 Å². The maximum Gasteiger partial charge on any atom is 0.290 e. The number of hydrogen-bond acceptors (Lipinski definition) is 5. The number of amides is 1. The molecule has 1 saturated heterocycles. The molecule has 1 N–H and O–H groups in total. The van der Waals surface area contributed by atoms with Crippen LogP contribution in [0, 0.1) is 0 Å². The lowest BCUT2D eigenvalue weighted by Gasteiger charge is -2.27. The molecule has 0 bridgehead atoms. The molecule has 0 spiro atoms. The molecule has 0 saturated carbocycles. The average molecular weight is 359 g/mol. The van der Waals surface area contributed by atoms with Gasteiger partial charge in [-0.05, 0) is 18.2 Å². The van der Waals surface area contributed by atoms with Crippen molar-refractivity contribution in [3.05, 3.63) is 47.9 Å². The molecule has 1 amide bonds. The van der Waals surface area contributed by atoms with Gasteiger partial charge in [0.25, 0.3) is 5.91 Å². The zero-order chi connectivity index (χ0) is 17.8. The third kappa shape index (κ3) is 3.68. The third-order valence-corrected chi connectivity index (χ3v) is 4.79. The summed E-state index contributed by atoms with van der Waals surface area (Å²) in [5.74, 6) is 1.70. The Labute approximate surface area is 152 Å². The lowest BCUT2D eigenvalue weighted by atomic mass is 10.1. The highest BCUT2D eigenvalue weighted by molar-refractivity contribution is 5.91. The number of para-hydroxylation sites is 1. The largest absolute Gasteiger partial charge is 0.459 e. The number of nitrogens with zero attached hydrogens (tertiary/aromatic N) is 1. The molecule has 0 atom stereocenters. The van der Waals surface area contributed by atoms with Crippen molar-refractivity contribution in [3.8, 4) is 11.5 Å². The van der Waals surface area contributed by atoms with Crippen LogP contribution in [0.25, 0.3) is 0 Å². The lowest BCUT2D eigenvalue weighted by molar-refractivity contribution is -0.907. The van der Waals surface area contributed by atoms with Crippen molar-refractivity contribution in [2.45, 2.75) is 6.54 Å². The van der Waals surface area contributed by atoms with E-state index in [2.05, 4.69) is 0 Å². The quantitative estimate of drug-likeness (QED) is 0.817. The van der Waals surface area contributed by atoms with Gasteiger partial charge in [-0.25, -0.2) is 0 Å². The number of morpholine rings is 1. The number of fused-ring (bicyclic) bond motifs is 1. The van der Waals surface area contributed by atoms with Crippen LogP contribution in [0.3, 0.4) is 0 Å². The first-order valence-electron chi connectivity index (χ1n) is 8.93. The van der Waals surface area contributed by atoms with Crippen molar-refractivity contribution in [3.63, 3.8) is 0 Å². The predicted molar refractivity (Wildman–Crippen MR) is 92.4 cm³/mol. The topological polar surface area (TPSA) is 65.6 Å². The maximum absolute atomic E-state index is 12.9. The van der Waals surface area contributed by atoms with Gasteiger partial charge in [-0.1, -0.05) is 12.1 Å². The Morgan fingerprint density at radius 3 is 2.81 bits per heavy atom. The molecular weight excluding hydrogens is 336 g/mol. The highest BCUT2D eigenvalue weighted by Crippen LogP contribution is 2.36. The summed E-state index contributed by atoms with van der Waals surface area (Å²) in [5, 5.41) is 0.